The Kier molecular flexibility index (Phi) is 9.08. The molecule has 3 aromatic rings. The molecule has 0 saturated carbocycles. The summed E-state index contributed by atoms with van der Waals surface area (Å²) in [6.45, 7) is 0. The van der Waals surface area contributed by atoms with Crippen LogP contribution in [0.5, 0.6) is 0 Å². The van der Waals surface area contributed by atoms with E-state index in [0.29, 0.717) is 0 Å². The number of nitrogen functional groups attached to an aromatic ring is 2. The van der Waals surface area contributed by atoms with Gasteiger partial charge in [0.2, 0.25) is 0 Å². The second-order valence-electron chi connectivity index (χ2n) is 5.12. The molecule has 0 aliphatic rings. The van der Waals surface area contributed by atoms with E-state index < -0.39 is 0 Å². The van der Waals surface area contributed by atoms with Gasteiger partial charge in [0.25, 0.3) is 0 Å². The van der Waals surface area contributed by atoms with E-state index in [4.69, 9.17) is 11.5 Å². The molecule has 0 atom stereocenters. The van der Waals surface area contributed by atoms with Crippen molar-refractivity contribution in [2.24, 2.45) is 0 Å². The summed E-state index contributed by atoms with van der Waals surface area (Å²) in [5, 5.41) is 0. The van der Waals surface area contributed by atoms with Crippen molar-refractivity contribution in [2.45, 2.75) is 14.4 Å². The minimum Gasteiger partial charge on any atom is -0.399 e. The molecule has 0 aliphatic heterocycles. The summed E-state index contributed by atoms with van der Waals surface area (Å²) in [5.74, 6) is 0. The maximum absolute atomic E-state index is 5.78. The molecule has 0 spiro atoms. The summed E-state index contributed by atoms with van der Waals surface area (Å²) in [5.41, 5.74) is 14.4. The Morgan fingerprint density at radius 3 is 1.36 bits per heavy atom. The van der Waals surface area contributed by atoms with Crippen LogP contribution in [0.15, 0.2) is 88.7 Å². The lowest BCUT2D eigenvalue weighted by Gasteiger charge is -2.17. The third-order valence-electron chi connectivity index (χ3n) is 3.32. The van der Waals surface area contributed by atoms with E-state index in [-0.39, 0.29) is 29.4 Å². The average molecular weight is 411 g/mol. The van der Waals surface area contributed by atoms with Crippen molar-refractivity contribution in [3.8, 4) is 0 Å². The van der Waals surface area contributed by atoms with Crippen LogP contribution >= 0.6 is 48.3 Å². The Hall–Kier alpha value is -1.46. The minimum absolute atomic E-state index is 0. The van der Waals surface area contributed by atoms with Crippen LogP contribution in [0.1, 0.15) is 10.1 Å². The summed E-state index contributed by atoms with van der Waals surface area (Å²) in [6.07, 6.45) is 0. The topological polar surface area (TPSA) is 52.0 Å². The van der Waals surface area contributed by atoms with Crippen molar-refractivity contribution in [1.82, 2.24) is 0 Å². The summed E-state index contributed by atoms with van der Waals surface area (Å²) in [4.78, 5) is 2.41. The van der Waals surface area contributed by atoms with Crippen LogP contribution in [-0.2, 0) is 0 Å². The lowest BCUT2D eigenvalue weighted by molar-refractivity contribution is 1.33. The number of anilines is 2. The molecule has 0 fully saturated rings. The maximum Gasteiger partial charge on any atom is 0.0845 e. The highest BCUT2D eigenvalue weighted by Crippen LogP contribution is 2.47. The predicted molar refractivity (Wildman–Crippen MR) is 117 cm³/mol. The quantitative estimate of drug-likeness (QED) is 0.295. The molecule has 0 bridgehead atoms. The minimum atomic E-state index is 0. The second kappa shape index (κ2) is 10.5. The van der Waals surface area contributed by atoms with Gasteiger partial charge in [-0.3, -0.25) is 0 Å². The van der Waals surface area contributed by atoms with Crippen LogP contribution in [0.3, 0.4) is 0 Å². The van der Waals surface area contributed by atoms with Crippen LogP contribution in [0.4, 0.5) is 11.4 Å². The molecule has 0 aliphatic carbocycles. The fourth-order valence-corrected chi connectivity index (χ4v) is 4.64. The lowest BCUT2D eigenvalue weighted by atomic mass is 10.2. The molecule has 3 aromatic carbocycles. The first-order valence-corrected chi connectivity index (χ1v) is 9.06. The zero-order chi connectivity index (χ0) is 16.1. The van der Waals surface area contributed by atoms with Gasteiger partial charge in [-0.1, -0.05) is 30.3 Å². The smallest absolute Gasteiger partial charge is 0.0845 e. The predicted octanol–water partition coefficient (Wildman–Crippen LogP) is 6.28. The van der Waals surface area contributed by atoms with Gasteiger partial charge in [0.1, 0.15) is 0 Å². The number of rotatable bonds is 5. The third kappa shape index (κ3) is 6.40. The van der Waals surface area contributed by atoms with Crippen molar-refractivity contribution in [3.63, 3.8) is 0 Å². The third-order valence-corrected chi connectivity index (χ3v) is 5.96. The molecule has 132 valence electrons. The summed E-state index contributed by atoms with van der Waals surface area (Å²) in [6, 6.07) is 26.6. The number of thioether (sulfide) groups is 2. The highest BCUT2D eigenvalue weighted by molar-refractivity contribution is 8.16. The van der Waals surface area contributed by atoms with E-state index in [1.165, 1.54) is 15.4 Å². The van der Waals surface area contributed by atoms with Crippen LogP contribution in [0.2, 0.25) is 0 Å². The second-order valence-corrected chi connectivity index (χ2v) is 7.77. The van der Waals surface area contributed by atoms with E-state index in [2.05, 4.69) is 48.5 Å². The Labute approximate surface area is 169 Å². The van der Waals surface area contributed by atoms with E-state index in [9.17, 15) is 0 Å². The van der Waals surface area contributed by atoms with E-state index in [1.54, 1.807) is 0 Å². The van der Waals surface area contributed by atoms with Gasteiger partial charge in [-0.15, -0.1) is 48.3 Å². The van der Waals surface area contributed by atoms with Crippen LogP contribution in [0.25, 0.3) is 0 Å². The van der Waals surface area contributed by atoms with Crippen molar-refractivity contribution >= 4 is 59.7 Å². The summed E-state index contributed by atoms with van der Waals surface area (Å²) >= 11 is 3.65. The first-order valence-electron chi connectivity index (χ1n) is 7.30. The molecule has 2 nitrogen and oxygen atoms in total. The van der Waals surface area contributed by atoms with Gasteiger partial charge in [0.05, 0.1) is 4.58 Å². The van der Waals surface area contributed by atoms with Crippen molar-refractivity contribution in [2.75, 3.05) is 11.5 Å². The van der Waals surface area contributed by atoms with Crippen LogP contribution < -0.4 is 11.5 Å². The molecular formula is C19H20Cl2N2S2. The van der Waals surface area contributed by atoms with Gasteiger partial charge in [-0.25, -0.2) is 0 Å². The molecule has 0 amide bonds. The summed E-state index contributed by atoms with van der Waals surface area (Å²) < 4.78 is 0.267. The summed E-state index contributed by atoms with van der Waals surface area (Å²) in [7, 11) is 0. The van der Waals surface area contributed by atoms with Crippen LogP contribution in [-0.4, -0.2) is 0 Å². The van der Waals surface area contributed by atoms with Crippen molar-refractivity contribution in [3.05, 3.63) is 84.4 Å². The maximum atomic E-state index is 5.78. The van der Waals surface area contributed by atoms with E-state index >= 15 is 0 Å². The fourth-order valence-electron chi connectivity index (χ4n) is 2.11. The van der Waals surface area contributed by atoms with Crippen molar-refractivity contribution in [1.29, 1.82) is 0 Å². The van der Waals surface area contributed by atoms with Gasteiger partial charge >= 0.3 is 0 Å². The van der Waals surface area contributed by atoms with E-state index in [0.717, 1.165) is 11.4 Å². The highest BCUT2D eigenvalue weighted by Gasteiger charge is 2.14. The number of benzene rings is 3. The van der Waals surface area contributed by atoms with Crippen LogP contribution in [0, 0.1) is 0 Å². The fraction of sp³-hybridized carbons (Fsp3) is 0.0526. The Balaban J connectivity index is 0.00000156. The molecule has 0 aromatic heterocycles. The van der Waals surface area contributed by atoms with Gasteiger partial charge in [-0.2, -0.15) is 0 Å². The van der Waals surface area contributed by atoms with Gasteiger partial charge in [-0.05, 0) is 54.1 Å². The molecule has 4 N–H and O–H groups in total. The standard InChI is InChI=1S/C19H18N2S2.2ClH/c20-15-6-10-17(11-7-15)22-19(14-4-2-1-3-5-14)23-18-12-8-16(21)9-13-18;;/h1-13,19H,20-21H2;2*1H. The van der Waals surface area contributed by atoms with Crippen molar-refractivity contribution < 1.29 is 0 Å². The largest absolute Gasteiger partial charge is 0.399 e. The molecule has 0 unspecified atom stereocenters. The normalized spacial score (nSPS) is 9.96. The Bertz CT molecular complexity index is 703. The van der Waals surface area contributed by atoms with Gasteiger partial charge in [0.15, 0.2) is 0 Å². The van der Waals surface area contributed by atoms with Gasteiger partial charge < -0.3 is 11.5 Å². The Morgan fingerprint density at radius 1 is 0.560 bits per heavy atom. The monoisotopic (exact) mass is 410 g/mol. The Morgan fingerprint density at radius 2 is 0.960 bits per heavy atom. The zero-order valence-corrected chi connectivity index (χ0v) is 16.6. The average Bonchev–Trinajstić information content (AvgIpc) is 2.59. The highest BCUT2D eigenvalue weighted by atomic mass is 35.5. The molecule has 6 heteroatoms. The van der Waals surface area contributed by atoms with E-state index in [1.807, 2.05) is 53.9 Å². The number of hydrogen-bond acceptors (Lipinski definition) is 4. The molecule has 0 radical (unpaired) electrons. The number of hydrogen-bond donors (Lipinski definition) is 2. The first-order chi connectivity index (χ1) is 11.2. The molecule has 3 rings (SSSR count). The molecule has 0 heterocycles. The SMILES string of the molecule is Cl.Cl.Nc1ccc(SC(Sc2ccc(N)cc2)c2ccccc2)cc1. The molecule has 25 heavy (non-hydrogen) atoms. The lowest BCUT2D eigenvalue weighted by Crippen LogP contribution is -1.90. The number of nitrogens with two attached hydrogens (primary N) is 2. The first kappa shape index (κ1) is 21.6. The molecular weight excluding hydrogens is 391 g/mol. The van der Waals surface area contributed by atoms with Gasteiger partial charge in [0, 0.05) is 21.2 Å². The zero-order valence-electron chi connectivity index (χ0n) is 13.4. The molecule has 0 saturated heterocycles. The number of halogens is 2.